The number of fused-ring (bicyclic) bond motifs is 1. The summed E-state index contributed by atoms with van der Waals surface area (Å²) in [6.07, 6.45) is 2.31. The largest absolute Gasteiger partial charge is 0.338 e. The van der Waals surface area contributed by atoms with Gasteiger partial charge < -0.3 is 4.90 Å². The van der Waals surface area contributed by atoms with Gasteiger partial charge in [-0.05, 0) is 18.1 Å². The standard InChI is InChI=1S/C12H15NS/c1-9(2)8-12-13(3)10-6-4-5-7-11(10)14-12/h4-9H,1-3H3/b12-8-. The van der Waals surface area contributed by atoms with Crippen LogP contribution in [0.5, 0.6) is 0 Å². The highest BCUT2D eigenvalue weighted by molar-refractivity contribution is 8.03. The fourth-order valence-corrected chi connectivity index (χ4v) is 2.81. The zero-order chi connectivity index (χ0) is 10.1. The lowest BCUT2D eigenvalue weighted by molar-refractivity contribution is 0.824. The molecule has 0 saturated carbocycles. The smallest absolute Gasteiger partial charge is 0.0760 e. The minimum atomic E-state index is 0.606. The predicted octanol–water partition coefficient (Wildman–Crippen LogP) is 3.73. The summed E-state index contributed by atoms with van der Waals surface area (Å²) < 4.78 is 0. The molecule has 1 aromatic rings. The molecule has 0 aliphatic carbocycles. The lowest BCUT2D eigenvalue weighted by Gasteiger charge is -2.13. The Morgan fingerprint density at radius 3 is 2.64 bits per heavy atom. The van der Waals surface area contributed by atoms with Gasteiger partial charge in [0, 0.05) is 11.9 Å². The van der Waals surface area contributed by atoms with E-state index >= 15 is 0 Å². The van der Waals surface area contributed by atoms with Crippen LogP contribution in [-0.2, 0) is 0 Å². The summed E-state index contributed by atoms with van der Waals surface area (Å²) in [7, 11) is 2.13. The Kier molecular flexibility index (Phi) is 2.55. The summed E-state index contributed by atoms with van der Waals surface area (Å²) in [4.78, 5) is 3.63. The normalized spacial score (nSPS) is 18.0. The fourth-order valence-electron chi connectivity index (χ4n) is 1.55. The van der Waals surface area contributed by atoms with Gasteiger partial charge in [0.05, 0.1) is 10.7 Å². The molecular weight excluding hydrogens is 190 g/mol. The van der Waals surface area contributed by atoms with Crippen LogP contribution in [0.2, 0.25) is 0 Å². The second-order valence-corrected chi connectivity index (χ2v) is 4.94. The summed E-state index contributed by atoms with van der Waals surface area (Å²) >= 11 is 1.86. The van der Waals surface area contributed by atoms with Gasteiger partial charge in [-0.1, -0.05) is 43.8 Å². The lowest BCUT2D eigenvalue weighted by Crippen LogP contribution is -2.10. The van der Waals surface area contributed by atoms with Crippen molar-refractivity contribution in [1.29, 1.82) is 0 Å². The SMILES string of the molecule is CC(C)/C=C1\Sc2ccccc2N1C. The van der Waals surface area contributed by atoms with E-state index in [1.807, 2.05) is 11.8 Å². The predicted molar refractivity (Wildman–Crippen MR) is 63.6 cm³/mol. The summed E-state index contributed by atoms with van der Waals surface area (Å²) in [5.74, 6) is 0.606. The van der Waals surface area contributed by atoms with E-state index in [9.17, 15) is 0 Å². The monoisotopic (exact) mass is 205 g/mol. The molecule has 14 heavy (non-hydrogen) atoms. The second-order valence-electron chi connectivity index (χ2n) is 3.88. The first-order valence-electron chi connectivity index (χ1n) is 4.91. The average Bonchev–Trinajstić information content (AvgIpc) is 2.44. The number of thioether (sulfide) groups is 1. The van der Waals surface area contributed by atoms with Gasteiger partial charge in [-0.25, -0.2) is 0 Å². The van der Waals surface area contributed by atoms with Crippen LogP contribution in [0.3, 0.4) is 0 Å². The van der Waals surface area contributed by atoms with E-state index in [1.54, 1.807) is 0 Å². The van der Waals surface area contributed by atoms with E-state index in [-0.39, 0.29) is 0 Å². The molecule has 1 aliphatic heterocycles. The third kappa shape index (κ3) is 1.67. The minimum Gasteiger partial charge on any atom is -0.338 e. The van der Waals surface area contributed by atoms with Crippen molar-refractivity contribution >= 4 is 17.4 Å². The summed E-state index contributed by atoms with van der Waals surface area (Å²) in [6.45, 7) is 4.43. The number of anilines is 1. The van der Waals surface area contributed by atoms with Crippen LogP contribution in [0, 0.1) is 5.92 Å². The molecule has 0 spiro atoms. The quantitative estimate of drug-likeness (QED) is 0.687. The Morgan fingerprint density at radius 1 is 1.29 bits per heavy atom. The molecule has 0 amide bonds. The van der Waals surface area contributed by atoms with Crippen molar-refractivity contribution < 1.29 is 0 Å². The fraction of sp³-hybridized carbons (Fsp3) is 0.333. The summed E-state index contributed by atoms with van der Waals surface area (Å²) in [5, 5.41) is 1.35. The van der Waals surface area contributed by atoms with Gasteiger partial charge in [0.15, 0.2) is 0 Å². The van der Waals surface area contributed by atoms with Crippen molar-refractivity contribution in [2.24, 2.45) is 5.92 Å². The van der Waals surface area contributed by atoms with E-state index < -0.39 is 0 Å². The molecule has 0 fully saturated rings. The van der Waals surface area contributed by atoms with Gasteiger partial charge >= 0.3 is 0 Å². The number of rotatable bonds is 1. The molecule has 0 radical (unpaired) electrons. The zero-order valence-electron chi connectivity index (χ0n) is 8.82. The van der Waals surface area contributed by atoms with Crippen LogP contribution < -0.4 is 4.90 Å². The van der Waals surface area contributed by atoms with E-state index in [0.717, 1.165) is 0 Å². The van der Waals surface area contributed by atoms with Gasteiger partial charge in [0.2, 0.25) is 0 Å². The molecule has 1 aromatic carbocycles. The highest BCUT2D eigenvalue weighted by Gasteiger charge is 2.20. The molecule has 1 aliphatic rings. The maximum atomic E-state index is 2.31. The molecular formula is C12H15NS. The Labute approximate surface area is 89.8 Å². The summed E-state index contributed by atoms with van der Waals surface area (Å²) in [5.41, 5.74) is 1.32. The van der Waals surface area contributed by atoms with Crippen LogP contribution in [0.15, 0.2) is 40.3 Å². The Balaban J connectivity index is 2.34. The zero-order valence-corrected chi connectivity index (χ0v) is 9.64. The topological polar surface area (TPSA) is 3.24 Å². The van der Waals surface area contributed by atoms with Gasteiger partial charge in [0.25, 0.3) is 0 Å². The highest BCUT2D eigenvalue weighted by Crippen LogP contribution is 2.44. The first-order valence-corrected chi connectivity index (χ1v) is 5.72. The first-order chi connectivity index (χ1) is 6.68. The first kappa shape index (κ1) is 9.66. The van der Waals surface area contributed by atoms with Crippen LogP contribution >= 0.6 is 11.8 Å². The number of nitrogens with zero attached hydrogens (tertiary/aromatic N) is 1. The molecule has 1 nitrogen and oxygen atoms in total. The third-order valence-electron chi connectivity index (χ3n) is 2.25. The Bertz CT molecular complexity index is 368. The molecule has 1 heterocycles. The molecule has 0 atom stereocenters. The molecule has 0 unspecified atom stereocenters. The molecule has 2 heteroatoms. The van der Waals surface area contributed by atoms with E-state index in [2.05, 4.69) is 56.1 Å². The van der Waals surface area contributed by atoms with Crippen molar-refractivity contribution in [3.8, 4) is 0 Å². The minimum absolute atomic E-state index is 0.606. The number of hydrogen-bond acceptors (Lipinski definition) is 2. The van der Waals surface area contributed by atoms with E-state index in [0.29, 0.717) is 5.92 Å². The number of para-hydroxylation sites is 1. The van der Waals surface area contributed by atoms with Gasteiger partial charge in [-0.3, -0.25) is 0 Å². The molecule has 0 N–H and O–H groups in total. The van der Waals surface area contributed by atoms with Crippen LogP contribution in [0.4, 0.5) is 5.69 Å². The van der Waals surface area contributed by atoms with Crippen LogP contribution in [-0.4, -0.2) is 7.05 Å². The molecule has 0 saturated heterocycles. The lowest BCUT2D eigenvalue weighted by atomic mass is 10.2. The third-order valence-corrected chi connectivity index (χ3v) is 3.43. The van der Waals surface area contributed by atoms with Crippen molar-refractivity contribution in [1.82, 2.24) is 0 Å². The van der Waals surface area contributed by atoms with Gasteiger partial charge in [-0.2, -0.15) is 0 Å². The maximum Gasteiger partial charge on any atom is 0.0760 e. The average molecular weight is 205 g/mol. The van der Waals surface area contributed by atoms with Gasteiger partial charge in [0.1, 0.15) is 0 Å². The van der Waals surface area contributed by atoms with E-state index in [1.165, 1.54) is 15.6 Å². The van der Waals surface area contributed by atoms with Crippen LogP contribution in [0.1, 0.15) is 13.8 Å². The van der Waals surface area contributed by atoms with Crippen molar-refractivity contribution in [2.45, 2.75) is 18.7 Å². The molecule has 2 rings (SSSR count). The van der Waals surface area contributed by atoms with E-state index in [4.69, 9.17) is 0 Å². The molecule has 0 bridgehead atoms. The Hall–Kier alpha value is -0.890. The molecule has 74 valence electrons. The van der Waals surface area contributed by atoms with Gasteiger partial charge in [-0.15, -0.1) is 0 Å². The number of benzene rings is 1. The van der Waals surface area contributed by atoms with Crippen molar-refractivity contribution in [3.05, 3.63) is 35.4 Å². The van der Waals surface area contributed by atoms with Crippen molar-refractivity contribution in [3.63, 3.8) is 0 Å². The number of hydrogen-bond donors (Lipinski definition) is 0. The molecule has 0 aromatic heterocycles. The Morgan fingerprint density at radius 2 is 2.00 bits per heavy atom. The van der Waals surface area contributed by atoms with Crippen LogP contribution in [0.25, 0.3) is 0 Å². The maximum absolute atomic E-state index is 2.31. The highest BCUT2D eigenvalue weighted by atomic mass is 32.2. The van der Waals surface area contributed by atoms with Crippen molar-refractivity contribution in [2.75, 3.05) is 11.9 Å². The second kappa shape index (κ2) is 3.70. The summed E-state index contributed by atoms with van der Waals surface area (Å²) in [6, 6.07) is 8.54. The number of allylic oxidation sites excluding steroid dienone is 1.